The molecule has 0 saturated heterocycles. The highest BCUT2D eigenvalue weighted by atomic mass is 35.5. The van der Waals surface area contributed by atoms with Crippen molar-refractivity contribution in [3.8, 4) is 11.3 Å². The zero-order valence-electron chi connectivity index (χ0n) is 14.1. The van der Waals surface area contributed by atoms with Gasteiger partial charge in [0.25, 0.3) is 5.91 Å². The molecule has 0 spiro atoms. The lowest BCUT2D eigenvalue weighted by Gasteiger charge is -2.10. The van der Waals surface area contributed by atoms with Gasteiger partial charge >= 0.3 is 0 Å². The standard InChI is InChI=1S/C21H16ClN3O/c1-14-6-5-9-18-23-19(15-7-3-2-4-8-15)20(25(14)18)24-21(26)16-10-12-17(22)13-11-16/h2-13H,1H3,(H,24,26). The first-order valence-corrected chi connectivity index (χ1v) is 8.62. The van der Waals surface area contributed by atoms with E-state index in [4.69, 9.17) is 16.6 Å². The van der Waals surface area contributed by atoms with E-state index in [1.165, 1.54) is 0 Å². The van der Waals surface area contributed by atoms with E-state index in [9.17, 15) is 4.79 Å². The summed E-state index contributed by atoms with van der Waals surface area (Å²) in [6.45, 7) is 1.99. The zero-order valence-corrected chi connectivity index (χ0v) is 14.9. The lowest BCUT2D eigenvalue weighted by molar-refractivity contribution is 0.102. The molecule has 4 aromatic rings. The number of carbonyl (C=O) groups is 1. The van der Waals surface area contributed by atoms with Crippen molar-refractivity contribution in [2.75, 3.05) is 5.32 Å². The van der Waals surface area contributed by atoms with Crippen LogP contribution in [0.3, 0.4) is 0 Å². The number of aromatic nitrogens is 2. The van der Waals surface area contributed by atoms with Crippen LogP contribution in [0.1, 0.15) is 16.1 Å². The Morgan fingerprint density at radius 3 is 2.42 bits per heavy atom. The number of amides is 1. The van der Waals surface area contributed by atoms with Gasteiger partial charge in [0.15, 0.2) is 0 Å². The summed E-state index contributed by atoms with van der Waals surface area (Å²) in [5.41, 5.74) is 4.00. The van der Waals surface area contributed by atoms with Crippen LogP contribution in [0.2, 0.25) is 5.02 Å². The van der Waals surface area contributed by atoms with Crippen LogP contribution in [0.5, 0.6) is 0 Å². The molecular weight excluding hydrogens is 346 g/mol. The van der Waals surface area contributed by atoms with Gasteiger partial charge in [-0.1, -0.05) is 48.0 Å². The molecule has 2 aromatic heterocycles. The molecule has 2 heterocycles. The van der Waals surface area contributed by atoms with Crippen LogP contribution >= 0.6 is 11.6 Å². The molecule has 2 aromatic carbocycles. The van der Waals surface area contributed by atoms with E-state index in [1.54, 1.807) is 24.3 Å². The number of imidazole rings is 1. The second kappa shape index (κ2) is 6.65. The molecule has 0 fully saturated rings. The summed E-state index contributed by atoms with van der Waals surface area (Å²) in [4.78, 5) is 17.5. The largest absolute Gasteiger partial charge is 0.306 e. The lowest BCUT2D eigenvalue weighted by atomic mass is 10.1. The summed E-state index contributed by atoms with van der Waals surface area (Å²) in [6.07, 6.45) is 0. The molecule has 26 heavy (non-hydrogen) atoms. The van der Waals surface area contributed by atoms with Crippen LogP contribution in [-0.2, 0) is 0 Å². The predicted molar refractivity (Wildman–Crippen MR) is 105 cm³/mol. The number of fused-ring (bicyclic) bond motifs is 1. The Balaban J connectivity index is 1.84. The molecule has 0 atom stereocenters. The van der Waals surface area contributed by atoms with Crippen molar-refractivity contribution in [2.45, 2.75) is 6.92 Å². The highest BCUT2D eigenvalue weighted by Gasteiger charge is 2.18. The monoisotopic (exact) mass is 361 g/mol. The zero-order chi connectivity index (χ0) is 18.1. The Labute approximate surface area is 156 Å². The van der Waals surface area contributed by atoms with E-state index in [1.807, 2.05) is 59.9 Å². The van der Waals surface area contributed by atoms with Gasteiger partial charge in [-0.15, -0.1) is 0 Å². The van der Waals surface area contributed by atoms with Crippen LogP contribution in [0, 0.1) is 6.92 Å². The topological polar surface area (TPSA) is 46.4 Å². The predicted octanol–water partition coefficient (Wildman–Crippen LogP) is 5.22. The quantitative estimate of drug-likeness (QED) is 0.544. The molecule has 0 radical (unpaired) electrons. The van der Waals surface area contributed by atoms with Crippen molar-refractivity contribution >= 4 is 29.0 Å². The number of hydrogen-bond donors (Lipinski definition) is 1. The average molecular weight is 362 g/mol. The third-order valence-corrected chi connectivity index (χ3v) is 4.48. The minimum atomic E-state index is -0.205. The maximum absolute atomic E-state index is 12.8. The maximum Gasteiger partial charge on any atom is 0.256 e. The molecule has 0 aliphatic heterocycles. The first-order chi connectivity index (χ1) is 12.6. The van der Waals surface area contributed by atoms with E-state index >= 15 is 0 Å². The number of pyridine rings is 1. The van der Waals surface area contributed by atoms with Crippen molar-refractivity contribution in [2.24, 2.45) is 0 Å². The number of benzene rings is 2. The number of anilines is 1. The van der Waals surface area contributed by atoms with Gasteiger partial charge in [-0.25, -0.2) is 4.98 Å². The molecule has 128 valence electrons. The van der Waals surface area contributed by atoms with Gasteiger partial charge < -0.3 is 5.32 Å². The Kier molecular flexibility index (Phi) is 4.19. The van der Waals surface area contributed by atoms with E-state index in [2.05, 4.69) is 5.32 Å². The lowest BCUT2D eigenvalue weighted by Crippen LogP contribution is -2.14. The normalized spacial score (nSPS) is 10.8. The van der Waals surface area contributed by atoms with Crippen LogP contribution in [0.25, 0.3) is 16.9 Å². The molecule has 4 nitrogen and oxygen atoms in total. The maximum atomic E-state index is 12.8. The van der Waals surface area contributed by atoms with E-state index in [0.717, 1.165) is 22.6 Å². The van der Waals surface area contributed by atoms with Crippen molar-refractivity contribution in [3.63, 3.8) is 0 Å². The smallest absolute Gasteiger partial charge is 0.256 e. The third kappa shape index (κ3) is 2.95. The minimum absolute atomic E-state index is 0.205. The van der Waals surface area contributed by atoms with Crippen LogP contribution in [0.4, 0.5) is 5.82 Å². The molecule has 5 heteroatoms. The fourth-order valence-corrected chi connectivity index (χ4v) is 3.07. The van der Waals surface area contributed by atoms with Gasteiger partial charge in [0.2, 0.25) is 0 Å². The Hall–Kier alpha value is -3.11. The average Bonchev–Trinajstić information content (AvgIpc) is 3.03. The van der Waals surface area contributed by atoms with E-state index in [0.29, 0.717) is 16.4 Å². The molecule has 0 bridgehead atoms. The fraction of sp³-hybridized carbons (Fsp3) is 0.0476. The van der Waals surface area contributed by atoms with Crippen molar-refractivity contribution < 1.29 is 4.79 Å². The van der Waals surface area contributed by atoms with Gasteiger partial charge in [0.05, 0.1) is 0 Å². The number of hydrogen-bond acceptors (Lipinski definition) is 2. The fourth-order valence-electron chi connectivity index (χ4n) is 2.95. The number of nitrogens with one attached hydrogen (secondary N) is 1. The van der Waals surface area contributed by atoms with Crippen molar-refractivity contribution in [1.29, 1.82) is 0 Å². The number of halogens is 1. The summed E-state index contributed by atoms with van der Waals surface area (Å²) in [5.74, 6) is 0.452. The second-order valence-corrected chi connectivity index (χ2v) is 6.43. The number of nitrogens with zero attached hydrogens (tertiary/aromatic N) is 2. The summed E-state index contributed by atoms with van der Waals surface area (Å²) < 4.78 is 1.95. The highest BCUT2D eigenvalue weighted by molar-refractivity contribution is 6.30. The summed E-state index contributed by atoms with van der Waals surface area (Å²) in [5, 5.41) is 3.62. The molecule has 1 amide bonds. The summed E-state index contributed by atoms with van der Waals surface area (Å²) >= 11 is 5.92. The van der Waals surface area contributed by atoms with Crippen LogP contribution in [-0.4, -0.2) is 15.3 Å². The molecule has 1 N–H and O–H groups in total. The van der Waals surface area contributed by atoms with Gasteiger partial charge in [-0.3, -0.25) is 9.20 Å². The molecule has 0 saturated carbocycles. The SMILES string of the molecule is Cc1cccc2nc(-c3ccccc3)c(NC(=O)c3ccc(Cl)cc3)n12. The van der Waals surface area contributed by atoms with Crippen LogP contribution < -0.4 is 5.32 Å². The molecule has 0 unspecified atom stereocenters. The number of aryl methyl sites for hydroxylation is 1. The third-order valence-electron chi connectivity index (χ3n) is 4.22. The van der Waals surface area contributed by atoms with Gasteiger partial charge in [0, 0.05) is 21.8 Å². The van der Waals surface area contributed by atoms with Crippen molar-refractivity contribution in [1.82, 2.24) is 9.38 Å². The van der Waals surface area contributed by atoms with E-state index < -0.39 is 0 Å². The minimum Gasteiger partial charge on any atom is -0.306 e. The molecule has 0 aliphatic carbocycles. The summed E-state index contributed by atoms with van der Waals surface area (Å²) in [7, 11) is 0. The highest BCUT2D eigenvalue weighted by Crippen LogP contribution is 2.30. The molecule has 4 rings (SSSR count). The van der Waals surface area contributed by atoms with Crippen LogP contribution in [0.15, 0.2) is 72.8 Å². The number of carbonyl (C=O) groups excluding carboxylic acids is 1. The Morgan fingerprint density at radius 2 is 1.69 bits per heavy atom. The van der Waals surface area contributed by atoms with Gasteiger partial charge in [-0.2, -0.15) is 0 Å². The molecular formula is C21H16ClN3O. The first-order valence-electron chi connectivity index (χ1n) is 8.24. The molecule has 0 aliphatic rings. The van der Waals surface area contributed by atoms with Gasteiger partial charge in [0.1, 0.15) is 17.2 Å². The Bertz CT molecular complexity index is 1090. The second-order valence-electron chi connectivity index (χ2n) is 6.00. The first kappa shape index (κ1) is 16.4. The van der Waals surface area contributed by atoms with E-state index in [-0.39, 0.29) is 5.91 Å². The Morgan fingerprint density at radius 1 is 0.962 bits per heavy atom. The van der Waals surface area contributed by atoms with Crippen molar-refractivity contribution in [3.05, 3.63) is 89.1 Å². The summed E-state index contributed by atoms with van der Waals surface area (Å²) in [6, 6.07) is 22.5. The number of rotatable bonds is 3. The van der Waals surface area contributed by atoms with Gasteiger partial charge in [-0.05, 0) is 43.3 Å².